The van der Waals surface area contributed by atoms with Gasteiger partial charge in [0.15, 0.2) is 5.76 Å². The first-order chi connectivity index (χ1) is 14.3. The van der Waals surface area contributed by atoms with E-state index in [2.05, 4.69) is 32.7 Å². The number of hydrogen-bond donors (Lipinski definition) is 0. The third kappa shape index (κ3) is 3.33. The highest BCUT2D eigenvalue weighted by molar-refractivity contribution is 5.91. The van der Waals surface area contributed by atoms with Gasteiger partial charge in [-0.15, -0.1) is 0 Å². The van der Waals surface area contributed by atoms with E-state index in [9.17, 15) is 4.79 Å². The molecule has 0 unspecified atom stereocenters. The molecular formula is C23H20N4O2. The van der Waals surface area contributed by atoms with Crippen molar-refractivity contribution in [2.45, 2.75) is 19.0 Å². The number of hydrogen-bond acceptors (Lipinski definition) is 4. The minimum atomic E-state index is -0.0973. The molecule has 0 saturated carbocycles. The molecule has 1 amide bonds. The van der Waals surface area contributed by atoms with Crippen molar-refractivity contribution in [3.8, 4) is 0 Å². The molecule has 0 fully saturated rings. The molecule has 1 atom stereocenters. The van der Waals surface area contributed by atoms with Gasteiger partial charge in [-0.1, -0.05) is 30.3 Å². The van der Waals surface area contributed by atoms with Crippen LogP contribution in [0.15, 0.2) is 84.0 Å². The Morgan fingerprint density at radius 1 is 1.10 bits per heavy atom. The maximum Gasteiger partial charge on any atom is 0.289 e. The normalized spacial score (nSPS) is 15.9. The lowest BCUT2D eigenvalue weighted by atomic mass is 9.88. The molecule has 1 aliphatic rings. The molecule has 0 saturated heterocycles. The molecule has 3 aromatic heterocycles. The van der Waals surface area contributed by atoms with Crippen LogP contribution in [0.5, 0.6) is 0 Å². The first kappa shape index (κ1) is 17.4. The van der Waals surface area contributed by atoms with Crippen molar-refractivity contribution in [2.24, 2.45) is 0 Å². The molecule has 1 aromatic carbocycles. The predicted molar refractivity (Wildman–Crippen MR) is 107 cm³/mol. The fourth-order valence-electron chi connectivity index (χ4n) is 3.99. The highest BCUT2D eigenvalue weighted by atomic mass is 16.3. The second-order valence-electron chi connectivity index (χ2n) is 7.19. The Hall–Kier alpha value is -3.67. The van der Waals surface area contributed by atoms with Crippen molar-refractivity contribution in [3.63, 3.8) is 0 Å². The fraction of sp³-hybridized carbons (Fsp3) is 0.174. The molecule has 0 radical (unpaired) electrons. The Morgan fingerprint density at radius 2 is 2.03 bits per heavy atom. The molecule has 0 bridgehead atoms. The van der Waals surface area contributed by atoms with Gasteiger partial charge in [-0.05, 0) is 34.9 Å². The van der Waals surface area contributed by atoms with Gasteiger partial charge in [-0.25, -0.2) is 4.98 Å². The highest BCUT2D eigenvalue weighted by Gasteiger charge is 2.32. The minimum Gasteiger partial charge on any atom is -0.459 e. The lowest BCUT2D eigenvalue weighted by Crippen LogP contribution is -2.39. The van der Waals surface area contributed by atoms with Gasteiger partial charge >= 0.3 is 0 Å². The summed E-state index contributed by atoms with van der Waals surface area (Å²) in [6, 6.07) is 15.7. The zero-order chi connectivity index (χ0) is 19.6. The zero-order valence-corrected chi connectivity index (χ0v) is 15.8. The van der Waals surface area contributed by atoms with Crippen molar-refractivity contribution in [1.82, 2.24) is 19.4 Å². The van der Waals surface area contributed by atoms with E-state index in [-0.39, 0.29) is 11.8 Å². The Labute approximate surface area is 168 Å². The van der Waals surface area contributed by atoms with E-state index < -0.39 is 0 Å². The predicted octanol–water partition coefficient (Wildman–Crippen LogP) is 3.71. The van der Waals surface area contributed by atoms with E-state index in [1.54, 1.807) is 18.3 Å². The number of fused-ring (bicyclic) bond motifs is 1. The Balaban J connectivity index is 1.51. The SMILES string of the molecule is O=C(c1ccco1)N1Cc2ccccc2[C@@H](c2nccn2Cc2cccnc2)C1. The summed E-state index contributed by atoms with van der Waals surface area (Å²) in [4.78, 5) is 23.7. The number of benzene rings is 1. The summed E-state index contributed by atoms with van der Waals surface area (Å²) < 4.78 is 7.48. The first-order valence-electron chi connectivity index (χ1n) is 9.60. The maximum absolute atomic E-state index is 13.0. The van der Waals surface area contributed by atoms with E-state index >= 15 is 0 Å². The number of carbonyl (C=O) groups excluding carboxylic acids is 1. The third-order valence-corrected chi connectivity index (χ3v) is 5.35. The molecule has 4 aromatic rings. The molecule has 0 aliphatic carbocycles. The van der Waals surface area contributed by atoms with Crippen LogP contribution in [0.25, 0.3) is 0 Å². The van der Waals surface area contributed by atoms with Gasteiger partial charge in [0, 0.05) is 37.9 Å². The summed E-state index contributed by atoms with van der Waals surface area (Å²) in [6.45, 7) is 1.81. The monoisotopic (exact) mass is 384 g/mol. The summed E-state index contributed by atoms with van der Waals surface area (Å²) in [6.07, 6.45) is 8.97. The Bertz CT molecular complexity index is 1120. The van der Waals surface area contributed by atoms with Crippen LogP contribution in [0, 0.1) is 0 Å². The van der Waals surface area contributed by atoms with Crippen LogP contribution in [-0.2, 0) is 13.1 Å². The van der Waals surface area contributed by atoms with Gasteiger partial charge in [0.25, 0.3) is 5.91 Å². The number of aromatic nitrogens is 3. The van der Waals surface area contributed by atoms with Crippen molar-refractivity contribution >= 4 is 5.91 Å². The van der Waals surface area contributed by atoms with Crippen LogP contribution < -0.4 is 0 Å². The van der Waals surface area contributed by atoms with Gasteiger partial charge in [0.2, 0.25) is 0 Å². The largest absolute Gasteiger partial charge is 0.459 e. The number of furan rings is 1. The summed E-state index contributed by atoms with van der Waals surface area (Å²) in [7, 11) is 0. The van der Waals surface area contributed by atoms with Crippen molar-refractivity contribution in [3.05, 3.63) is 108 Å². The van der Waals surface area contributed by atoms with Crippen molar-refractivity contribution < 1.29 is 9.21 Å². The van der Waals surface area contributed by atoms with E-state index in [1.165, 1.54) is 11.8 Å². The van der Waals surface area contributed by atoms with Crippen molar-refractivity contribution in [1.29, 1.82) is 0 Å². The summed E-state index contributed by atoms with van der Waals surface area (Å²) in [5.41, 5.74) is 3.47. The lowest BCUT2D eigenvalue weighted by molar-refractivity contribution is 0.0690. The molecule has 4 heterocycles. The van der Waals surface area contributed by atoms with Gasteiger partial charge < -0.3 is 13.9 Å². The summed E-state index contributed by atoms with van der Waals surface area (Å²) in [5.74, 6) is 1.20. The van der Waals surface area contributed by atoms with Gasteiger partial charge in [0.1, 0.15) is 5.82 Å². The van der Waals surface area contributed by atoms with Crippen molar-refractivity contribution in [2.75, 3.05) is 6.54 Å². The fourth-order valence-corrected chi connectivity index (χ4v) is 3.99. The topological polar surface area (TPSA) is 64.2 Å². The number of amides is 1. The van der Waals surface area contributed by atoms with Crippen LogP contribution in [0.4, 0.5) is 0 Å². The second-order valence-corrected chi connectivity index (χ2v) is 7.19. The number of pyridine rings is 1. The van der Waals surface area contributed by atoms with Crippen LogP contribution in [0.1, 0.15) is 39.0 Å². The molecular weight excluding hydrogens is 364 g/mol. The van der Waals surface area contributed by atoms with Crippen LogP contribution in [0.2, 0.25) is 0 Å². The number of carbonyl (C=O) groups is 1. The maximum atomic E-state index is 13.0. The minimum absolute atomic E-state index is 0.00877. The molecule has 0 N–H and O–H groups in total. The standard InChI is InChI=1S/C23H20N4O2/c28-23(21-8-4-12-29-21)27-15-18-6-1-2-7-19(18)20(16-27)22-25-10-11-26(22)14-17-5-3-9-24-13-17/h1-13,20H,14-16H2/t20-/m0/s1. The smallest absolute Gasteiger partial charge is 0.289 e. The molecule has 29 heavy (non-hydrogen) atoms. The lowest BCUT2D eigenvalue weighted by Gasteiger charge is -2.34. The highest BCUT2D eigenvalue weighted by Crippen LogP contribution is 2.33. The third-order valence-electron chi connectivity index (χ3n) is 5.35. The number of nitrogens with zero attached hydrogens (tertiary/aromatic N) is 4. The molecule has 5 rings (SSSR count). The van der Waals surface area contributed by atoms with Gasteiger partial charge in [0.05, 0.1) is 18.7 Å². The van der Waals surface area contributed by atoms with E-state index in [1.807, 2.05) is 41.7 Å². The van der Waals surface area contributed by atoms with Crippen LogP contribution in [-0.4, -0.2) is 31.9 Å². The average Bonchev–Trinajstić information content (AvgIpc) is 3.45. The summed E-state index contributed by atoms with van der Waals surface area (Å²) >= 11 is 0. The molecule has 1 aliphatic heterocycles. The Kier molecular flexibility index (Phi) is 4.44. The summed E-state index contributed by atoms with van der Waals surface area (Å²) in [5, 5.41) is 0. The average molecular weight is 384 g/mol. The molecule has 0 spiro atoms. The van der Waals surface area contributed by atoms with Crippen LogP contribution >= 0.6 is 0 Å². The molecule has 6 heteroatoms. The molecule has 6 nitrogen and oxygen atoms in total. The first-order valence-corrected chi connectivity index (χ1v) is 9.60. The number of rotatable bonds is 4. The van der Waals surface area contributed by atoms with E-state index in [0.29, 0.717) is 25.4 Å². The Morgan fingerprint density at radius 3 is 2.86 bits per heavy atom. The zero-order valence-electron chi connectivity index (χ0n) is 15.8. The van der Waals surface area contributed by atoms with Gasteiger partial charge in [-0.3, -0.25) is 9.78 Å². The van der Waals surface area contributed by atoms with E-state index in [4.69, 9.17) is 4.42 Å². The van der Waals surface area contributed by atoms with E-state index in [0.717, 1.165) is 17.0 Å². The quantitative estimate of drug-likeness (QED) is 0.538. The van der Waals surface area contributed by atoms with Crippen LogP contribution in [0.3, 0.4) is 0 Å². The number of imidazole rings is 1. The second kappa shape index (κ2) is 7.39. The van der Waals surface area contributed by atoms with Gasteiger partial charge in [-0.2, -0.15) is 0 Å². The molecule has 144 valence electrons.